The van der Waals surface area contributed by atoms with Crippen LogP contribution in [0.15, 0.2) is 18.2 Å². The largest absolute Gasteiger partial charge is 0.327 e. The second-order valence-electron chi connectivity index (χ2n) is 5.52. The number of hydrogen-bond acceptors (Lipinski definition) is 2. The number of fused-ring (bicyclic) bond motifs is 2. The third kappa shape index (κ3) is 2.13. The Kier molecular flexibility index (Phi) is 3.23. The average molecular weight is 283 g/mol. The minimum absolute atomic E-state index is 0.0594. The van der Waals surface area contributed by atoms with E-state index in [1.54, 1.807) is 6.07 Å². The molecule has 2 aliphatic carbocycles. The van der Waals surface area contributed by atoms with Crippen molar-refractivity contribution >= 4 is 23.2 Å². The summed E-state index contributed by atoms with van der Waals surface area (Å²) in [5, 5.41) is 2.82. The van der Waals surface area contributed by atoms with Crippen molar-refractivity contribution in [2.75, 3.05) is 5.32 Å². The summed E-state index contributed by atoms with van der Waals surface area (Å²) >= 11 is 5.91. The van der Waals surface area contributed by atoms with Gasteiger partial charge in [0.15, 0.2) is 0 Å². The van der Waals surface area contributed by atoms with Crippen molar-refractivity contribution in [2.24, 2.45) is 23.5 Å². The van der Waals surface area contributed by atoms with Crippen LogP contribution < -0.4 is 11.1 Å². The Morgan fingerprint density at radius 2 is 2.11 bits per heavy atom. The Morgan fingerprint density at radius 1 is 1.37 bits per heavy atom. The molecular weight excluding hydrogens is 267 g/mol. The van der Waals surface area contributed by atoms with Gasteiger partial charge in [-0.1, -0.05) is 17.7 Å². The Bertz CT molecular complexity index is 500. The van der Waals surface area contributed by atoms with Crippen LogP contribution in [0.1, 0.15) is 19.3 Å². The Hall–Kier alpha value is -1.13. The predicted molar refractivity (Wildman–Crippen MR) is 72.3 cm³/mol. The number of hydrogen-bond donors (Lipinski definition) is 2. The molecule has 2 aliphatic rings. The zero-order chi connectivity index (χ0) is 13.6. The summed E-state index contributed by atoms with van der Waals surface area (Å²) in [6.07, 6.45) is 3.17. The molecule has 1 amide bonds. The second kappa shape index (κ2) is 4.76. The van der Waals surface area contributed by atoms with Gasteiger partial charge in [0.1, 0.15) is 5.82 Å². The van der Waals surface area contributed by atoms with Crippen LogP contribution in [0, 0.1) is 23.6 Å². The second-order valence-corrected chi connectivity index (χ2v) is 5.93. The summed E-state index contributed by atoms with van der Waals surface area (Å²) in [6, 6.07) is 4.24. The average Bonchev–Trinajstić information content (AvgIpc) is 2.94. The van der Waals surface area contributed by atoms with Gasteiger partial charge in [-0.05, 0) is 43.2 Å². The normalized spacial score (nSPS) is 32.6. The molecule has 2 saturated carbocycles. The number of benzene rings is 1. The van der Waals surface area contributed by atoms with E-state index in [0.29, 0.717) is 11.8 Å². The van der Waals surface area contributed by atoms with Gasteiger partial charge in [-0.25, -0.2) is 4.39 Å². The van der Waals surface area contributed by atoms with Crippen molar-refractivity contribution in [3.05, 3.63) is 29.0 Å². The van der Waals surface area contributed by atoms with Crippen molar-refractivity contribution in [1.29, 1.82) is 0 Å². The van der Waals surface area contributed by atoms with Crippen molar-refractivity contribution in [3.63, 3.8) is 0 Å². The fraction of sp³-hybridized carbons (Fsp3) is 0.500. The third-order valence-corrected chi connectivity index (χ3v) is 4.81. The van der Waals surface area contributed by atoms with E-state index in [9.17, 15) is 9.18 Å². The van der Waals surface area contributed by atoms with E-state index in [1.807, 2.05) is 0 Å². The van der Waals surface area contributed by atoms with Gasteiger partial charge in [0.05, 0.1) is 16.6 Å². The smallest absolute Gasteiger partial charge is 0.229 e. The van der Waals surface area contributed by atoms with Crippen LogP contribution in [-0.4, -0.2) is 11.9 Å². The number of nitrogens with two attached hydrogens (primary N) is 1. The zero-order valence-electron chi connectivity index (χ0n) is 10.4. The molecule has 19 heavy (non-hydrogen) atoms. The maximum absolute atomic E-state index is 13.7. The van der Waals surface area contributed by atoms with Crippen molar-refractivity contribution in [1.82, 2.24) is 0 Å². The van der Waals surface area contributed by atoms with Crippen LogP contribution in [0.3, 0.4) is 0 Å². The highest BCUT2D eigenvalue weighted by Crippen LogP contribution is 2.48. The number of halogens is 2. The van der Waals surface area contributed by atoms with Gasteiger partial charge >= 0.3 is 0 Å². The number of para-hydroxylation sites is 1. The molecule has 5 heteroatoms. The summed E-state index contributed by atoms with van der Waals surface area (Å²) in [5.41, 5.74) is 6.17. The van der Waals surface area contributed by atoms with Gasteiger partial charge in [0.25, 0.3) is 0 Å². The summed E-state index contributed by atoms with van der Waals surface area (Å²) in [5.74, 6) is -0.152. The van der Waals surface area contributed by atoms with E-state index in [-0.39, 0.29) is 28.6 Å². The molecule has 0 saturated heterocycles. The molecule has 2 fully saturated rings. The van der Waals surface area contributed by atoms with Gasteiger partial charge in [0, 0.05) is 6.04 Å². The Balaban J connectivity index is 1.79. The first-order chi connectivity index (χ1) is 9.08. The number of rotatable bonds is 2. The first-order valence-corrected chi connectivity index (χ1v) is 6.96. The lowest BCUT2D eigenvalue weighted by Crippen LogP contribution is -2.42. The van der Waals surface area contributed by atoms with Crippen molar-refractivity contribution in [3.8, 4) is 0 Å². The van der Waals surface area contributed by atoms with Gasteiger partial charge in [-0.2, -0.15) is 0 Å². The van der Waals surface area contributed by atoms with Gasteiger partial charge < -0.3 is 11.1 Å². The molecule has 1 aromatic carbocycles. The molecule has 3 rings (SSSR count). The monoisotopic (exact) mass is 282 g/mol. The lowest BCUT2D eigenvalue weighted by molar-refractivity contribution is -0.121. The molecule has 0 aromatic heterocycles. The molecule has 3 nitrogen and oxygen atoms in total. The summed E-state index contributed by atoms with van der Waals surface area (Å²) < 4.78 is 13.7. The van der Waals surface area contributed by atoms with Crippen molar-refractivity contribution < 1.29 is 9.18 Å². The molecule has 1 aromatic rings. The first-order valence-electron chi connectivity index (χ1n) is 6.58. The standard InChI is InChI=1S/C14H16ClFN2O/c15-9-2-1-3-10(16)13(9)18-14(19)11-7-4-5-8(6-7)12(11)17/h1-3,7-8,11-12H,4-6,17H2,(H,18,19). The third-order valence-electron chi connectivity index (χ3n) is 4.49. The topological polar surface area (TPSA) is 55.1 Å². The highest BCUT2D eigenvalue weighted by Gasteiger charge is 2.49. The number of anilines is 1. The van der Waals surface area contributed by atoms with Crippen LogP contribution in [0.25, 0.3) is 0 Å². The minimum atomic E-state index is -0.516. The fourth-order valence-electron chi connectivity index (χ4n) is 3.55. The predicted octanol–water partition coefficient (Wildman–Crippen LogP) is 2.79. The molecule has 0 aliphatic heterocycles. The summed E-state index contributed by atoms with van der Waals surface area (Å²) in [6.45, 7) is 0. The molecular formula is C14H16ClFN2O. The van der Waals surface area contributed by atoms with E-state index in [2.05, 4.69) is 5.32 Å². The quantitative estimate of drug-likeness (QED) is 0.876. The van der Waals surface area contributed by atoms with Crippen LogP contribution >= 0.6 is 11.6 Å². The summed E-state index contributed by atoms with van der Waals surface area (Å²) in [7, 11) is 0. The number of amides is 1. The fourth-order valence-corrected chi connectivity index (χ4v) is 3.76. The molecule has 0 spiro atoms. The van der Waals surface area contributed by atoms with E-state index in [0.717, 1.165) is 19.3 Å². The molecule has 3 N–H and O–H groups in total. The number of carbonyl (C=O) groups is 1. The van der Waals surface area contributed by atoms with Crippen LogP contribution in [-0.2, 0) is 4.79 Å². The highest BCUT2D eigenvalue weighted by atomic mass is 35.5. The maximum Gasteiger partial charge on any atom is 0.229 e. The highest BCUT2D eigenvalue weighted by molar-refractivity contribution is 6.33. The van der Waals surface area contributed by atoms with E-state index >= 15 is 0 Å². The van der Waals surface area contributed by atoms with Gasteiger partial charge in [-0.15, -0.1) is 0 Å². The van der Waals surface area contributed by atoms with Crippen LogP contribution in [0.5, 0.6) is 0 Å². The minimum Gasteiger partial charge on any atom is -0.327 e. The van der Waals surface area contributed by atoms with Gasteiger partial charge in [-0.3, -0.25) is 4.79 Å². The lowest BCUT2D eigenvalue weighted by Gasteiger charge is -2.27. The first kappa shape index (κ1) is 12.9. The molecule has 2 bridgehead atoms. The van der Waals surface area contributed by atoms with Crippen molar-refractivity contribution in [2.45, 2.75) is 25.3 Å². The maximum atomic E-state index is 13.7. The van der Waals surface area contributed by atoms with Gasteiger partial charge in [0.2, 0.25) is 5.91 Å². The Labute approximate surface area is 116 Å². The van der Waals surface area contributed by atoms with E-state index < -0.39 is 5.82 Å². The van der Waals surface area contributed by atoms with E-state index in [4.69, 9.17) is 17.3 Å². The van der Waals surface area contributed by atoms with Crippen LogP contribution in [0.2, 0.25) is 5.02 Å². The lowest BCUT2D eigenvalue weighted by atomic mass is 9.84. The molecule has 0 heterocycles. The summed E-state index contributed by atoms with van der Waals surface area (Å²) in [4.78, 5) is 12.3. The van der Waals surface area contributed by atoms with Crippen LogP contribution in [0.4, 0.5) is 10.1 Å². The SMILES string of the molecule is NC1C2CCC(C2)C1C(=O)Nc1c(F)cccc1Cl. The van der Waals surface area contributed by atoms with E-state index in [1.165, 1.54) is 12.1 Å². The molecule has 4 unspecified atom stereocenters. The molecule has 102 valence electrons. The molecule has 4 atom stereocenters. The Morgan fingerprint density at radius 3 is 2.74 bits per heavy atom. The number of nitrogens with one attached hydrogen (secondary N) is 1. The molecule has 0 radical (unpaired) electrons. The zero-order valence-corrected chi connectivity index (χ0v) is 11.2. The number of carbonyl (C=O) groups excluding carboxylic acids is 1.